The molecule has 0 bridgehead atoms. The summed E-state index contributed by atoms with van der Waals surface area (Å²) in [6.07, 6.45) is 5.91. The van der Waals surface area contributed by atoms with E-state index in [1.165, 1.54) is 29.7 Å². The zero-order valence-corrected chi connectivity index (χ0v) is 13.1. The molecule has 2 heterocycles. The lowest BCUT2D eigenvalue weighted by Gasteiger charge is -2.40. The third-order valence-electron chi connectivity index (χ3n) is 4.82. The van der Waals surface area contributed by atoms with E-state index in [4.69, 9.17) is 4.74 Å². The van der Waals surface area contributed by atoms with Crippen molar-refractivity contribution in [3.05, 3.63) is 51.7 Å². The molecule has 3 unspecified atom stereocenters. The topological polar surface area (TPSA) is 38.3 Å². The second kappa shape index (κ2) is 5.86. The van der Waals surface area contributed by atoms with Crippen molar-refractivity contribution >= 4 is 23.4 Å². The Morgan fingerprint density at radius 2 is 2.00 bits per heavy atom. The van der Waals surface area contributed by atoms with Gasteiger partial charge in [0.1, 0.15) is 6.10 Å². The van der Waals surface area contributed by atoms with Crippen LogP contribution in [0.1, 0.15) is 53.7 Å². The lowest BCUT2D eigenvalue weighted by Crippen LogP contribution is -2.32. The Morgan fingerprint density at radius 3 is 2.91 bits per heavy atom. The standard InChI is InChI=1S/C18H19NO2S/c20-11-19-15-7-3-1-5-12(15)17-14-9-10-22-18(14)13-6-2-4-8-16(13)21-17/h1,3,5,7,9-11,13,16-17H,2,4,6,8H2,(H,19,20). The van der Waals surface area contributed by atoms with Crippen LogP contribution in [0.25, 0.3) is 0 Å². The highest BCUT2D eigenvalue weighted by molar-refractivity contribution is 7.10. The lowest BCUT2D eigenvalue weighted by molar-refractivity contribution is -0.105. The maximum atomic E-state index is 10.9. The van der Waals surface area contributed by atoms with Crippen molar-refractivity contribution in [1.29, 1.82) is 0 Å². The molecular formula is C18H19NO2S. The number of benzene rings is 1. The van der Waals surface area contributed by atoms with Gasteiger partial charge in [-0.05, 0) is 35.9 Å². The second-order valence-electron chi connectivity index (χ2n) is 6.04. The molecule has 1 amide bonds. The molecule has 22 heavy (non-hydrogen) atoms. The second-order valence-corrected chi connectivity index (χ2v) is 6.98. The third-order valence-corrected chi connectivity index (χ3v) is 5.88. The Hall–Kier alpha value is -1.65. The Kier molecular flexibility index (Phi) is 3.72. The fraction of sp³-hybridized carbons (Fsp3) is 0.389. The average Bonchev–Trinajstić information content (AvgIpc) is 3.05. The van der Waals surface area contributed by atoms with Crippen LogP contribution in [0.5, 0.6) is 0 Å². The molecule has 0 radical (unpaired) electrons. The van der Waals surface area contributed by atoms with Crippen LogP contribution in [0.4, 0.5) is 5.69 Å². The predicted octanol–water partition coefficient (Wildman–Crippen LogP) is 4.46. The van der Waals surface area contributed by atoms with E-state index in [1.807, 2.05) is 29.5 Å². The third kappa shape index (κ3) is 2.27. The molecule has 2 aromatic rings. The molecule has 1 fully saturated rings. The lowest BCUT2D eigenvalue weighted by atomic mass is 9.80. The summed E-state index contributed by atoms with van der Waals surface area (Å²) in [6.45, 7) is 0. The van der Waals surface area contributed by atoms with Gasteiger partial charge in [0.2, 0.25) is 6.41 Å². The molecule has 1 aliphatic heterocycles. The maximum absolute atomic E-state index is 10.9. The van der Waals surface area contributed by atoms with E-state index in [2.05, 4.69) is 22.8 Å². The van der Waals surface area contributed by atoms with E-state index >= 15 is 0 Å². The number of ether oxygens (including phenoxy) is 1. The van der Waals surface area contributed by atoms with Gasteiger partial charge in [-0.15, -0.1) is 11.3 Å². The molecule has 4 heteroatoms. The van der Waals surface area contributed by atoms with Crippen LogP contribution in [-0.2, 0) is 9.53 Å². The minimum absolute atomic E-state index is 0.0655. The molecule has 3 nitrogen and oxygen atoms in total. The van der Waals surface area contributed by atoms with Gasteiger partial charge in [-0.1, -0.05) is 31.0 Å². The summed E-state index contributed by atoms with van der Waals surface area (Å²) >= 11 is 1.86. The number of rotatable bonds is 3. The SMILES string of the molecule is O=CNc1ccccc1C1OC2CCCCC2c2sccc21. The van der Waals surface area contributed by atoms with Gasteiger partial charge in [-0.25, -0.2) is 0 Å². The molecule has 1 aromatic heterocycles. The van der Waals surface area contributed by atoms with Crippen LogP contribution in [-0.4, -0.2) is 12.5 Å². The van der Waals surface area contributed by atoms with Crippen molar-refractivity contribution < 1.29 is 9.53 Å². The number of hydrogen-bond donors (Lipinski definition) is 1. The van der Waals surface area contributed by atoms with E-state index in [0.29, 0.717) is 12.0 Å². The van der Waals surface area contributed by atoms with Crippen molar-refractivity contribution in [2.24, 2.45) is 0 Å². The van der Waals surface area contributed by atoms with Crippen LogP contribution in [0, 0.1) is 0 Å². The molecular weight excluding hydrogens is 294 g/mol. The van der Waals surface area contributed by atoms with Crippen molar-refractivity contribution in [1.82, 2.24) is 0 Å². The van der Waals surface area contributed by atoms with Gasteiger partial charge < -0.3 is 10.1 Å². The fourth-order valence-electron chi connectivity index (χ4n) is 3.82. The summed E-state index contributed by atoms with van der Waals surface area (Å²) in [5.74, 6) is 0.561. The Labute approximate surface area is 134 Å². The quantitative estimate of drug-likeness (QED) is 0.850. The number of nitrogens with one attached hydrogen (secondary N) is 1. The van der Waals surface area contributed by atoms with Crippen molar-refractivity contribution in [3.8, 4) is 0 Å². The van der Waals surface area contributed by atoms with E-state index in [-0.39, 0.29) is 6.10 Å². The van der Waals surface area contributed by atoms with Crippen molar-refractivity contribution in [3.63, 3.8) is 0 Å². The summed E-state index contributed by atoms with van der Waals surface area (Å²) in [5.41, 5.74) is 3.18. The van der Waals surface area contributed by atoms with Crippen LogP contribution >= 0.6 is 11.3 Å². The number of hydrogen-bond acceptors (Lipinski definition) is 3. The van der Waals surface area contributed by atoms with E-state index in [0.717, 1.165) is 24.1 Å². The Morgan fingerprint density at radius 1 is 1.14 bits per heavy atom. The zero-order valence-electron chi connectivity index (χ0n) is 12.3. The van der Waals surface area contributed by atoms with Gasteiger partial charge in [-0.3, -0.25) is 4.79 Å². The first-order chi connectivity index (χ1) is 10.9. The van der Waals surface area contributed by atoms with Crippen LogP contribution < -0.4 is 5.32 Å². The van der Waals surface area contributed by atoms with Crippen molar-refractivity contribution in [2.75, 3.05) is 5.32 Å². The first-order valence-electron chi connectivity index (χ1n) is 7.90. The highest BCUT2D eigenvalue weighted by Gasteiger charge is 2.39. The Bertz CT molecular complexity index is 681. The number of amides is 1. The molecule has 3 atom stereocenters. The van der Waals surface area contributed by atoms with E-state index in [1.54, 1.807) is 0 Å². The zero-order chi connectivity index (χ0) is 14.9. The number of fused-ring (bicyclic) bond motifs is 3. The van der Waals surface area contributed by atoms with Gasteiger partial charge in [0.05, 0.1) is 6.10 Å². The smallest absolute Gasteiger partial charge is 0.211 e. The van der Waals surface area contributed by atoms with Crippen molar-refractivity contribution in [2.45, 2.75) is 43.8 Å². The summed E-state index contributed by atoms with van der Waals surface area (Å²) in [5, 5.41) is 4.99. The van der Waals surface area contributed by atoms with Gasteiger partial charge >= 0.3 is 0 Å². The maximum Gasteiger partial charge on any atom is 0.211 e. The summed E-state index contributed by atoms with van der Waals surface area (Å²) in [6, 6.07) is 10.1. The molecule has 1 N–H and O–H groups in total. The molecule has 0 spiro atoms. The monoisotopic (exact) mass is 313 g/mol. The molecule has 0 saturated heterocycles. The number of thiophene rings is 1. The molecule has 2 aliphatic rings. The van der Waals surface area contributed by atoms with Crippen LogP contribution in [0.3, 0.4) is 0 Å². The van der Waals surface area contributed by atoms with Gasteiger partial charge in [-0.2, -0.15) is 0 Å². The molecule has 1 aliphatic carbocycles. The average molecular weight is 313 g/mol. The predicted molar refractivity (Wildman–Crippen MR) is 88.4 cm³/mol. The number of carbonyl (C=O) groups is 1. The van der Waals surface area contributed by atoms with Crippen LogP contribution in [0.2, 0.25) is 0 Å². The molecule has 1 aromatic carbocycles. The van der Waals surface area contributed by atoms with Gasteiger partial charge in [0.25, 0.3) is 0 Å². The minimum atomic E-state index is -0.0655. The first-order valence-corrected chi connectivity index (χ1v) is 8.78. The van der Waals surface area contributed by atoms with Crippen LogP contribution in [0.15, 0.2) is 35.7 Å². The molecule has 1 saturated carbocycles. The number of para-hydroxylation sites is 1. The highest BCUT2D eigenvalue weighted by atomic mass is 32.1. The number of anilines is 1. The molecule has 114 valence electrons. The number of carbonyl (C=O) groups excluding carboxylic acids is 1. The fourth-order valence-corrected chi connectivity index (χ4v) is 4.93. The highest BCUT2D eigenvalue weighted by Crippen LogP contribution is 2.49. The molecule has 4 rings (SSSR count). The summed E-state index contributed by atoms with van der Waals surface area (Å²) < 4.78 is 6.50. The van der Waals surface area contributed by atoms with Gasteiger partial charge in [0, 0.05) is 22.0 Å². The van der Waals surface area contributed by atoms with Gasteiger partial charge in [0.15, 0.2) is 0 Å². The minimum Gasteiger partial charge on any atom is -0.365 e. The first kappa shape index (κ1) is 14.0. The largest absolute Gasteiger partial charge is 0.365 e. The summed E-state index contributed by atoms with van der Waals surface area (Å²) in [4.78, 5) is 12.4. The summed E-state index contributed by atoms with van der Waals surface area (Å²) in [7, 11) is 0. The van der Waals surface area contributed by atoms with E-state index in [9.17, 15) is 4.79 Å². The van der Waals surface area contributed by atoms with E-state index < -0.39 is 0 Å². The normalized spacial score (nSPS) is 26.8. The Balaban J connectivity index is 1.78.